The van der Waals surface area contributed by atoms with Gasteiger partial charge < -0.3 is 10.2 Å². The van der Waals surface area contributed by atoms with Gasteiger partial charge in [0.15, 0.2) is 5.79 Å². The van der Waals surface area contributed by atoms with Gasteiger partial charge in [0.05, 0.1) is 0 Å². The van der Waals surface area contributed by atoms with Gasteiger partial charge in [-0.05, 0) is 13.3 Å². The third-order valence-corrected chi connectivity index (χ3v) is 3.50. The zero-order chi connectivity index (χ0) is 13.7. The normalized spacial score (nSPS) is 12.0. The maximum atomic E-state index is 9.13. The monoisotopic (exact) mass is 258 g/mol. The van der Waals surface area contributed by atoms with E-state index in [4.69, 9.17) is 10.2 Å². The molecule has 0 aromatic heterocycles. The van der Waals surface area contributed by atoms with Crippen LogP contribution in [0.4, 0.5) is 0 Å². The van der Waals surface area contributed by atoms with Crippen molar-refractivity contribution in [2.24, 2.45) is 0 Å². The lowest BCUT2D eigenvalue weighted by Crippen LogP contribution is -2.22. The summed E-state index contributed by atoms with van der Waals surface area (Å²) in [5.41, 5.74) is 0. The highest BCUT2D eigenvalue weighted by Gasteiger charge is 2.12. The Hall–Kier alpha value is -0.0800. The Kier molecular flexibility index (Phi) is 11.9. The Morgan fingerprint density at radius 3 is 1.28 bits per heavy atom. The van der Waals surface area contributed by atoms with E-state index in [-0.39, 0.29) is 0 Å². The molecule has 0 aromatic carbocycles. The number of hydrogen-bond acceptors (Lipinski definition) is 2. The van der Waals surface area contributed by atoms with E-state index in [1.807, 2.05) is 0 Å². The van der Waals surface area contributed by atoms with Gasteiger partial charge in [-0.3, -0.25) is 0 Å². The van der Waals surface area contributed by atoms with Crippen LogP contribution in [-0.2, 0) is 0 Å². The van der Waals surface area contributed by atoms with Gasteiger partial charge in [0.2, 0.25) is 0 Å². The molecule has 2 N–H and O–H groups in total. The molecule has 0 heterocycles. The number of aliphatic hydroxyl groups is 2. The van der Waals surface area contributed by atoms with Crippen LogP contribution in [0.1, 0.15) is 97.3 Å². The number of hydrogen-bond donors (Lipinski definition) is 2. The van der Waals surface area contributed by atoms with E-state index in [0.717, 1.165) is 12.8 Å². The van der Waals surface area contributed by atoms with Crippen LogP contribution in [0.15, 0.2) is 0 Å². The average molecular weight is 258 g/mol. The maximum absolute atomic E-state index is 9.13. The third kappa shape index (κ3) is 15.9. The highest BCUT2D eigenvalue weighted by atomic mass is 16.5. The highest BCUT2D eigenvalue weighted by molar-refractivity contribution is 4.56. The molecule has 0 aliphatic carbocycles. The molecule has 0 unspecified atom stereocenters. The van der Waals surface area contributed by atoms with Crippen LogP contribution in [0.3, 0.4) is 0 Å². The summed E-state index contributed by atoms with van der Waals surface area (Å²) in [6, 6.07) is 0. The third-order valence-electron chi connectivity index (χ3n) is 3.50. The molecule has 0 aliphatic heterocycles. The maximum Gasteiger partial charge on any atom is 0.159 e. The van der Waals surface area contributed by atoms with Crippen molar-refractivity contribution in [1.29, 1.82) is 0 Å². The average Bonchev–Trinajstić information content (AvgIpc) is 2.29. The lowest BCUT2D eigenvalue weighted by atomic mass is 10.0. The van der Waals surface area contributed by atoms with E-state index in [9.17, 15) is 0 Å². The minimum Gasteiger partial charge on any atom is -0.366 e. The Balaban J connectivity index is 2.99. The fraction of sp³-hybridized carbons (Fsp3) is 1.00. The number of unbranched alkanes of at least 4 members (excludes halogenated alkanes) is 11. The van der Waals surface area contributed by atoms with Crippen LogP contribution in [0.2, 0.25) is 0 Å². The van der Waals surface area contributed by atoms with Gasteiger partial charge in [0.25, 0.3) is 0 Å². The van der Waals surface area contributed by atoms with Crippen molar-refractivity contribution in [1.82, 2.24) is 0 Å². The van der Waals surface area contributed by atoms with Crippen LogP contribution in [0.25, 0.3) is 0 Å². The van der Waals surface area contributed by atoms with Crippen molar-refractivity contribution >= 4 is 0 Å². The molecule has 0 saturated heterocycles. The van der Waals surface area contributed by atoms with Crippen molar-refractivity contribution in [2.45, 2.75) is 103 Å². The van der Waals surface area contributed by atoms with Gasteiger partial charge in [0, 0.05) is 6.42 Å². The first-order valence-corrected chi connectivity index (χ1v) is 8.01. The summed E-state index contributed by atoms with van der Waals surface area (Å²) in [5, 5.41) is 18.3. The minimum atomic E-state index is -1.46. The summed E-state index contributed by atoms with van der Waals surface area (Å²) in [6.07, 6.45) is 16.2. The standard InChI is InChI=1S/C16H34O2/c1-3-4-5-6-7-8-9-10-11-12-13-14-15-16(2,17)18/h17-18H,3-15H2,1-2H3. The summed E-state index contributed by atoms with van der Waals surface area (Å²) < 4.78 is 0. The van der Waals surface area contributed by atoms with E-state index in [2.05, 4.69) is 6.92 Å². The summed E-state index contributed by atoms with van der Waals surface area (Å²) in [4.78, 5) is 0. The minimum absolute atomic E-state index is 0.504. The molecule has 18 heavy (non-hydrogen) atoms. The molecule has 0 amide bonds. The lowest BCUT2D eigenvalue weighted by molar-refractivity contribution is -0.150. The van der Waals surface area contributed by atoms with Crippen molar-refractivity contribution in [2.75, 3.05) is 0 Å². The zero-order valence-corrected chi connectivity index (χ0v) is 12.6. The van der Waals surface area contributed by atoms with Gasteiger partial charge in [-0.1, -0.05) is 77.6 Å². The zero-order valence-electron chi connectivity index (χ0n) is 12.6. The summed E-state index contributed by atoms with van der Waals surface area (Å²) in [5.74, 6) is -1.46. The van der Waals surface area contributed by atoms with E-state index >= 15 is 0 Å². The van der Waals surface area contributed by atoms with E-state index < -0.39 is 5.79 Å². The SMILES string of the molecule is CCCCCCCCCCCCCCC(C)(O)O. The molecule has 0 aromatic rings. The molecule has 0 spiro atoms. The lowest BCUT2D eigenvalue weighted by Gasteiger charge is -2.14. The van der Waals surface area contributed by atoms with Gasteiger partial charge >= 0.3 is 0 Å². The summed E-state index contributed by atoms with van der Waals surface area (Å²) in [6.45, 7) is 3.72. The van der Waals surface area contributed by atoms with Crippen LogP contribution >= 0.6 is 0 Å². The van der Waals surface area contributed by atoms with Crippen LogP contribution in [-0.4, -0.2) is 16.0 Å². The van der Waals surface area contributed by atoms with E-state index in [0.29, 0.717) is 6.42 Å². The van der Waals surface area contributed by atoms with Crippen molar-refractivity contribution in [3.63, 3.8) is 0 Å². The molecule has 0 fully saturated rings. The molecule has 0 saturated carbocycles. The second-order valence-corrected chi connectivity index (χ2v) is 5.86. The molecule has 2 nitrogen and oxygen atoms in total. The smallest absolute Gasteiger partial charge is 0.159 e. The Morgan fingerprint density at radius 1 is 0.611 bits per heavy atom. The van der Waals surface area contributed by atoms with Gasteiger partial charge in [-0.2, -0.15) is 0 Å². The molecule has 0 aliphatic rings. The second-order valence-electron chi connectivity index (χ2n) is 5.86. The van der Waals surface area contributed by atoms with E-state index in [1.54, 1.807) is 0 Å². The van der Waals surface area contributed by atoms with Gasteiger partial charge in [0.1, 0.15) is 0 Å². The first kappa shape index (κ1) is 17.9. The molecular weight excluding hydrogens is 224 g/mol. The Labute approximate surface area is 114 Å². The molecule has 2 heteroatoms. The fourth-order valence-electron chi connectivity index (χ4n) is 2.30. The topological polar surface area (TPSA) is 40.5 Å². The van der Waals surface area contributed by atoms with Crippen LogP contribution < -0.4 is 0 Å². The molecule has 110 valence electrons. The van der Waals surface area contributed by atoms with Crippen LogP contribution in [0, 0.1) is 0 Å². The van der Waals surface area contributed by atoms with Crippen molar-refractivity contribution in [3.8, 4) is 0 Å². The predicted molar refractivity (Wildman–Crippen MR) is 78.5 cm³/mol. The highest BCUT2D eigenvalue weighted by Crippen LogP contribution is 2.14. The second kappa shape index (κ2) is 12.0. The predicted octanol–water partition coefficient (Wildman–Crippen LogP) is 4.78. The summed E-state index contributed by atoms with van der Waals surface area (Å²) in [7, 11) is 0. The summed E-state index contributed by atoms with van der Waals surface area (Å²) >= 11 is 0. The van der Waals surface area contributed by atoms with Gasteiger partial charge in [-0.25, -0.2) is 0 Å². The molecular formula is C16H34O2. The largest absolute Gasteiger partial charge is 0.366 e. The first-order chi connectivity index (χ1) is 8.56. The van der Waals surface area contributed by atoms with E-state index in [1.165, 1.54) is 71.1 Å². The number of rotatable bonds is 13. The molecule has 0 bridgehead atoms. The Morgan fingerprint density at radius 2 is 0.944 bits per heavy atom. The van der Waals surface area contributed by atoms with Gasteiger partial charge in [-0.15, -0.1) is 0 Å². The van der Waals surface area contributed by atoms with Crippen molar-refractivity contribution < 1.29 is 10.2 Å². The quantitative estimate of drug-likeness (QED) is 0.369. The Bertz CT molecular complexity index is 161. The molecule has 0 atom stereocenters. The molecule has 0 radical (unpaired) electrons. The van der Waals surface area contributed by atoms with Crippen molar-refractivity contribution in [3.05, 3.63) is 0 Å². The first-order valence-electron chi connectivity index (χ1n) is 8.01. The van der Waals surface area contributed by atoms with Crippen LogP contribution in [0.5, 0.6) is 0 Å². The molecule has 0 rings (SSSR count). The fourth-order valence-corrected chi connectivity index (χ4v) is 2.30.